The number of hydrogen-bond donors (Lipinski definition) is 0. The average molecular weight is 613 g/mol. The van der Waals surface area contributed by atoms with E-state index >= 15 is 0 Å². The molecule has 1 atom stereocenters. The lowest BCUT2D eigenvalue weighted by atomic mass is 9.74. The minimum Gasteiger partial charge on any atom is -0.0622 e. The van der Waals surface area contributed by atoms with Gasteiger partial charge in [0.2, 0.25) is 0 Å². The summed E-state index contributed by atoms with van der Waals surface area (Å²) in [7, 11) is 0. The summed E-state index contributed by atoms with van der Waals surface area (Å²) < 4.78 is 37.6. The van der Waals surface area contributed by atoms with E-state index < -0.39 is 5.41 Å². The molecule has 0 aliphatic heterocycles. The Balaban J connectivity index is 1.18. The Labute approximate surface area is 286 Å². The normalized spacial score (nSPS) is 16.4. The van der Waals surface area contributed by atoms with Gasteiger partial charge in [-0.2, -0.15) is 0 Å². The topological polar surface area (TPSA) is 0 Å². The van der Waals surface area contributed by atoms with Crippen LogP contribution in [0.15, 0.2) is 176 Å². The van der Waals surface area contributed by atoms with E-state index in [0.29, 0.717) is 16.7 Å². The molecule has 0 amide bonds. The van der Waals surface area contributed by atoms with E-state index in [-0.39, 0.29) is 24.2 Å². The first-order chi connectivity index (χ1) is 25.3. The Morgan fingerprint density at radius 1 is 0.396 bits per heavy atom. The van der Waals surface area contributed by atoms with Crippen LogP contribution in [-0.2, 0) is 5.41 Å². The number of rotatable bonds is 3. The Morgan fingerprint density at radius 2 is 1.02 bits per heavy atom. The Hall–Kier alpha value is -5.98. The van der Waals surface area contributed by atoms with Gasteiger partial charge < -0.3 is 0 Å². The molecular formula is C48H32. The van der Waals surface area contributed by atoms with Gasteiger partial charge in [0, 0.05) is 5.41 Å². The van der Waals surface area contributed by atoms with Crippen molar-refractivity contribution in [2.24, 2.45) is 0 Å². The van der Waals surface area contributed by atoms with Crippen molar-refractivity contribution in [1.82, 2.24) is 0 Å². The summed E-state index contributed by atoms with van der Waals surface area (Å²) >= 11 is 0. The molecule has 0 aromatic heterocycles. The van der Waals surface area contributed by atoms with Gasteiger partial charge in [0.1, 0.15) is 0 Å². The first-order valence-corrected chi connectivity index (χ1v) is 16.5. The first kappa shape index (κ1) is 23.4. The third-order valence-corrected chi connectivity index (χ3v) is 10.5. The zero-order valence-corrected chi connectivity index (χ0v) is 26.4. The van der Waals surface area contributed by atoms with E-state index in [4.69, 9.17) is 0 Å². The van der Waals surface area contributed by atoms with Crippen molar-refractivity contribution in [3.05, 3.63) is 193 Å². The van der Waals surface area contributed by atoms with Crippen LogP contribution < -0.4 is 0 Å². The Kier molecular flexibility index (Phi) is 4.99. The van der Waals surface area contributed by atoms with Crippen LogP contribution in [0.2, 0.25) is 0 Å². The standard InChI is InChI=1S/C48H32/c1-48(40-14-3-2-4-15-40)45-17-9-16-42(47(45)44-29-35-12-7-8-13-36(35)30-46(44)48)32-20-18-31(19-21-32)37-24-25-41-38(27-37)22-23-39-26-33-10-5-6-11-34(33)28-43(39)41/h2-30H,1H3/i18D,19D,20D,21D. The van der Waals surface area contributed by atoms with Gasteiger partial charge >= 0.3 is 0 Å². The van der Waals surface area contributed by atoms with Crippen LogP contribution in [0.3, 0.4) is 0 Å². The molecule has 1 unspecified atom stereocenters. The van der Waals surface area contributed by atoms with Crippen LogP contribution in [0.4, 0.5) is 0 Å². The summed E-state index contributed by atoms with van der Waals surface area (Å²) in [6, 6.07) is 52.3. The molecule has 0 heterocycles. The fourth-order valence-corrected chi connectivity index (χ4v) is 8.06. The molecular weight excluding hydrogens is 577 g/mol. The average Bonchev–Trinajstić information content (AvgIpc) is 3.44. The summed E-state index contributed by atoms with van der Waals surface area (Å²) in [5.74, 6) is 0. The van der Waals surface area contributed by atoms with Crippen LogP contribution in [0.1, 0.15) is 29.1 Å². The molecule has 224 valence electrons. The molecule has 0 fully saturated rings. The number of benzene rings is 9. The molecule has 0 saturated carbocycles. The monoisotopic (exact) mass is 612 g/mol. The van der Waals surface area contributed by atoms with Crippen molar-refractivity contribution >= 4 is 43.1 Å². The fourth-order valence-electron chi connectivity index (χ4n) is 8.06. The molecule has 0 bridgehead atoms. The van der Waals surface area contributed by atoms with Crippen LogP contribution in [0.5, 0.6) is 0 Å². The van der Waals surface area contributed by atoms with Gasteiger partial charge in [0.25, 0.3) is 0 Å². The van der Waals surface area contributed by atoms with Gasteiger partial charge in [-0.3, -0.25) is 0 Å². The van der Waals surface area contributed by atoms with E-state index in [1.165, 1.54) is 16.3 Å². The van der Waals surface area contributed by atoms with Gasteiger partial charge in [-0.05, 0) is 130 Å². The minimum absolute atomic E-state index is 0.0369. The fraction of sp³-hybridized carbons (Fsp3) is 0.0417. The highest BCUT2D eigenvalue weighted by Crippen LogP contribution is 2.56. The maximum Gasteiger partial charge on any atom is 0.0629 e. The minimum atomic E-state index is -0.481. The van der Waals surface area contributed by atoms with Gasteiger partial charge in [-0.1, -0.05) is 145 Å². The second-order valence-corrected chi connectivity index (χ2v) is 13.1. The van der Waals surface area contributed by atoms with Crippen LogP contribution in [-0.4, -0.2) is 0 Å². The van der Waals surface area contributed by atoms with Gasteiger partial charge in [0.05, 0.1) is 5.48 Å². The second-order valence-electron chi connectivity index (χ2n) is 13.1. The van der Waals surface area contributed by atoms with E-state index in [2.05, 4.69) is 122 Å². The van der Waals surface area contributed by atoms with Crippen molar-refractivity contribution in [2.45, 2.75) is 12.3 Å². The van der Waals surface area contributed by atoms with Gasteiger partial charge in [0.15, 0.2) is 0 Å². The quantitative estimate of drug-likeness (QED) is 0.138. The summed E-state index contributed by atoms with van der Waals surface area (Å²) in [4.78, 5) is 0. The van der Waals surface area contributed by atoms with Crippen LogP contribution in [0.25, 0.3) is 76.5 Å². The maximum atomic E-state index is 9.46. The highest BCUT2D eigenvalue weighted by molar-refractivity contribution is 6.12. The number of hydrogen-bond acceptors (Lipinski definition) is 0. The predicted molar refractivity (Wildman–Crippen MR) is 205 cm³/mol. The molecule has 0 N–H and O–H groups in total. The predicted octanol–water partition coefficient (Wildman–Crippen LogP) is 13.0. The molecule has 0 heteroatoms. The highest BCUT2D eigenvalue weighted by Gasteiger charge is 2.42. The smallest absolute Gasteiger partial charge is 0.0622 e. The molecule has 48 heavy (non-hydrogen) atoms. The van der Waals surface area contributed by atoms with E-state index in [1.54, 1.807) is 0 Å². The molecule has 10 rings (SSSR count). The summed E-state index contributed by atoms with van der Waals surface area (Å²) in [6.45, 7) is 2.26. The lowest BCUT2D eigenvalue weighted by Crippen LogP contribution is -2.22. The molecule has 1 aliphatic rings. The van der Waals surface area contributed by atoms with E-state index in [1.807, 2.05) is 36.4 Å². The lowest BCUT2D eigenvalue weighted by Gasteiger charge is -2.28. The highest BCUT2D eigenvalue weighted by atomic mass is 14.4. The zero-order valence-electron chi connectivity index (χ0n) is 30.4. The van der Waals surface area contributed by atoms with E-state index in [9.17, 15) is 5.48 Å². The van der Waals surface area contributed by atoms with Crippen molar-refractivity contribution in [1.29, 1.82) is 0 Å². The third-order valence-electron chi connectivity index (χ3n) is 10.5. The van der Waals surface area contributed by atoms with Crippen LogP contribution >= 0.6 is 0 Å². The Bertz CT molecular complexity index is 2930. The summed E-state index contributed by atoms with van der Waals surface area (Å²) in [5, 5.41) is 9.02. The molecule has 1 aliphatic carbocycles. The SMILES string of the molecule is [2H]c1c([2H])c(-c2cccc3c2-c2cc4ccccc4cc2C3(C)c2ccccc2)c([2H])c([2H])c1-c1ccc2c(ccc3cc4ccccc4cc32)c1. The second kappa shape index (κ2) is 10.3. The van der Waals surface area contributed by atoms with Gasteiger partial charge in [-0.25, -0.2) is 0 Å². The summed E-state index contributed by atoms with van der Waals surface area (Å²) in [6.07, 6.45) is 0. The number of fused-ring (bicyclic) bond motifs is 8. The molecule has 9 aromatic carbocycles. The van der Waals surface area contributed by atoms with E-state index in [0.717, 1.165) is 60.1 Å². The van der Waals surface area contributed by atoms with Crippen molar-refractivity contribution in [2.75, 3.05) is 0 Å². The van der Waals surface area contributed by atoms with Gasteiger partial charge in [-0.15, -0.1) is 0 Å². The van der Waals surface area contributed by atoms with Crippen molar-refractivity contribution < 1.29 is 5.48 Å². The first-order valence-electron chi connectivity index (χ1n) is 18.5. The maximum absolute atomic E-state index is 9.46. The molecule has 0 nitrogen and oxygen atoms in total. The van der Waals surface area contributed by atoms with Crippen LogP contribution in [0, 0.1) is 0 Å². The largest absolute Gasteiger partial charge is 0.0629 e. The Morgan fingerprint density at radius 3 is 1.77 bits per heavy atom. The lowest BCUT2D eigenvalue weighted by molar-refractivity contribution is 0.715. The molecule has 0 radical (unpaired) electrons. The van der Waals surface area contributed by atoms with Crippen molar-refractivity contribution in [3.8, 4) is 33.4 Å². The molecule has 0 saturated heterocycles. The van der Waals surface area contributed by atoms with Crippen molar-refractivity contribution in [3.63, 3.8) is 0 Å². The molecule has 0 spiro atoms. The third kappa shape index (κ3) is 3.96. The molecule has 9 aromatic rings. The summed E-state index contributed by atoms with van der Waals surface area (Å²) in [5.41, 5.74) is 7.00. The zero-order chi connectivity index (χ0) is 35.3.